The van der Waals surface area contributed by atoms with Crippen LogP contribution >= 0.6 is 11.3 Å². The second-order valence-corrected chi connectivity index (χ2v) is 18.6. The van der Waals surface area contributed by atoms with E-state index in [4.69, 9.17) is 9.47 Å². The number of nitrogens with zero attached hydrogens (tertiary/aromatic N) is 7. The Kier molecular flexibility index (Phi) is 14.8. The standard InChI is InChI=1S/C45H56F3N9O7S/c1-27-39(65-26-50-27)30-7-8-31(35(59)21-30)23-49-41(61)34-22-32(58)24-56(34)42(62)40(44(2,3)4)51-38(60)25-63-19-5-6-20-64-33-11-9-28(10-12-33)29-15-17-55(18-16-29)37-14-13-36-52-53-43(45(46,47)48)57(36)54-37/h7-12,21,26,29,32,34,40,58-59H,5-6,13-20,22-25H2,1-4H3,(H,49,61)(H,51,60)/t32-,34-,40+/m0/s1. The molecular weight excluding hydrogens is 868 g/mol. The molecular formula is C45H56F3N9O7S. The number of piperidine rings is 1. The highest BCUT2D eigenvalue weighted by Gasteiger charge is 2.45. The molecule has 16 nitrogen and oxygen atoms in total. The van der Waals surface area contributed by atoms with Crippen molar-refractivity contribution in [3.63, 3.8) is 0 Å². The van der Waals surface area contributed by atoms with Crippen molar-refractivity contribution in [1.29, 1.82) is 0 Å². The number of aliphatic hydroxyl groups is 1. The molecule has 3 atom stereocenters. The molecule has 0 aliphatic carbocycles. The zero-order chi connectivity index (χ0) is 46.5. The minimum Gasteiger partial charge on any atom is -0.508 e. The largest absolute Gasteiger partial charge is 0.508 e. The van der Waals surface area contributed by atoms with E-state index in [2.05, 4.69) is 35.8 Å². The molecule has 2 aromatic heterocycles. The van der Waals surface area contributed by atoms with Gasteiger partial charge in [-0.3, -0.25) is 14.4 Å². The van der Waals surface area contributed by atoms with E-state index >= 15 is 0 Å². The first-order chi connectivity index (χ1) is 31.0. The molecule has 0 radical (unpaired) electrons. The summed E-state index contributed by atoms with van der Waals surface area (Å²) >= 11 is 1.47. The molecule has 7 rings (SSSR count). The number of phenolic OH excluding ortho intramolecular Hbond substituents is 1. The summed E-state index contributed by atoms with van der Waals surface area (Å²) < 4.78 is 52.5. The van der Waals surface area contributed by atoms with Gasteiger partial charge in [0.2, 0.25) is 17.7 Å². The van der Waals surface area contributed by atoms with Crippen LogP contribution in [0.1, 0.15) is 93.7 Å². The summed E-state index contributed by atoms with van der Waals surface area (Å²) in [5.74, 6) is -0.668. The molecule has 0 unspecified atom stereocenters. The minimum absolute atomic E-state index is 0.00990. The van der Waals surface area contributed by atoms with Crippen molar-refractivity contribution < 1.29 is 47.2 Å². The topological polar surface area (TPSA) is 197 Å². The number of aryl methyl sites for hydroxylation is 2. The van der Waals surface area contributed by atoms with Gasteiger partial charge in [0.05, 0.1) is 28.8 Å². The van der Waals surface area contributed by atoms with Gasteiger partial charge in [0.1, 0.15) is 36.0 Å². The zero-order valence-electron chi connectivity index (χ0n) is 36.9. The number of unbranched alkanes of at least 4 members (excludes halogenated alkanes) is 1. The molecule has 3 aliphatic rings. The van der Waals surface area contributed by atoms with Gasteiger partial charge >= 0.3 is 6.18 Å². The molecule has 0 saturated carbocycles. The van der Waals surface area contributed by atoms with Gasteiger partial charge in [-0.05, 0) is 73.3 Å². The third kappa shape index (κ3) is 11.6. The van der Waals surface area contributed by atoms with Gasteiger partial charge in [0.15, 0.2) is 5.82 Å². The third-order valence-corrected chi connectivity index (χ3v) is 12.9. The molecule has 5 heterocycles. The number of β-amino-alcohol motifs (C(OH)–C–C–N with tert-alkyl or cyclic N) is 1. The van der Waals surface area contributed by atoms with Gasteiger partial charge in [0, 0.05) is 57.6 Å². The highest BCUT2D eigenvalue weighted by Crippen LogP contribution is 2.34. The molecule has 0 bridgehead atoms. The molecule has 2 saturated heterocycles. The molecule has 3 amide bonds. The van der Waals surface area contributed by atoms with Gasteiger partial charge < -0.3 is 40.1 Å². The lowest BCUT2D eigenvalue weighted by atomic mass is 9.85. The number of aromatic hydroxyl groups is 1. The van der Waals surface area contributed by atoms with Crippen molar-refractivity contribution in [3.05, 3.63) is 76.4 Å². The highest BCUT2D eigenvalue weighted by atomic mass is 32.1. The fourth-order valence-corrected chi connectivity index (χ4v) is 9.19. The Morgan fingerprint density at radius 2 is 1.74 bits per heavy atom. The number of thiazole rings is 1. The number of ether oxygens (including phenoxy) is 2. The number of halogens is 3. The maximum atomic E-state index is 14.0. The minimum atomic E-state index is -4.62. The Bertz CT molecular complexity index is 2340. The predicted octanol–water partition coefficient (Wildman–Crippen LogP) is 5.41. The number of hydrogen-bond acceptors (Lipinski definition) is 13. The number of benzene rings is 2. The van der Waals surface area contributed by atoms with E-state index in [1.165, 1.54) is 21.8 Å². The smallest absolute Gasteiger partial charge is 0.453 e. The van der Waals surface area contributed by atoms with Crippen molar-refractivity contribution in [1.82, 2.24) is 40.3 Å². The Morgan fingerprint density at radius 3 is 2.42 bits per heavy atom. The summed E-state index contributed by atoms with van der Waals surface area (Å²) in [6, 6.07) is 11.2. The summed E-state index contributed by atoms with van der Waals surface area (Å²) in [6.45, 7) is 9.09. The number of hydrogen-bond donors (Lipinski definition) is 4. The van der Waals surface area contributed by atoms with E-state index < -0.39 is 53.3 Å². The van der Waals surface area contributed by atoms with Crippen LogP contribution in [0.15, 0.2) is 53.1 Å². The number of alkyl halides is 3. The molecule has 4 N–H and O–H groups in total. The quantitative estimate of drug-likeness (QED) is 0.111. The molecule has 2 aromatic carbocycles. The SMILES string of the molecule is Cc1ncsc1-c1ccc(CNC(=O)[C@@H]2C[C@H](O)CN2C(=O)[C@@H](NC(=O)COCCCCOc2ccc(C3CCN(C4=Nn5c(nnc5C(F)(F)F)CC4)CC3)cc2)C(C)(C)C)c(O)c1. The summed E-state index contributed by atoms with van der Waals surface area (Å²) in [7, 11) is 0. The number of aliphatic hydroxyl groups excluding tert-OH is 1. The number of fused-ring (bicyclic) bond motifs is 1. The van der Waals surface area contributed by atoms with Crippen molar-refractivity contribution in [2.75, 3.05) is 39.5 Å². The Labute approximate surface area is 379 Å². The average Bonchev–Trinajstić information content (AvgIpc) is 4.02. The van der Waals surface area contributed by atoms with E-state index in [0.29, 0.717) is 69.3 Å². The van der Waals surface area contributed by atoms with Crippen molar-refractivity contribution in [2.24, 2.45) is 10.5 Å². The maximum absolute atomic E-state index is 14.0. The van der Waals surface area contributed by atoms with Crippen LogP contribution in [-0.4, -0.2) is 121 Å². The van der Waals surface area contributed by atoms with Crippen LogP contribution in [0.4, 0.5) is 13.2 Å². The van der Waals surface area contributed by atoms with E-state index in [0.717, 1.165) is 39.4 Å². The van der Waals surface area contributed by atoms with Crippen LogP contribution in [0.25, 0.3) is 10.4 Å². The Balaban J connectivity index is 0.802. The van der Waals surface area contributed by atoms with Crippen LogP contribution < -0.4 is 15.4 Å². The number of amidine groups is 1. The van der Waals surface area contributed by atoms with Gasteiger partial charge in [-0.25, -0.2) is 4.98 Å². The van der Waals surface area contributed by atoms with Crippen molar-refractivity contribution in [2.45, 2.75) is 109 Å². The van der Waals surface area contributed by atoms with Crippen LogP contribution in [0.5, 0.6) is 11.5 Å². The first-order valence-electron chi connectivity index (χ1n) is 21.9. The molecule has 0 spiro atoms. The van der Waals surface area contributed by atoms with Crippen molar-refractivity contribution >= 4 is 34.9 Å². The number of carbonyl (C=O) groups excluding carboxylic acids is 3. The molecule has 20 heteroatoms. The van der Waals surface area contributed by atoms with Gasteiger partial charge in [-0.2, -0.15) is 22.9 Å². The third-order valence-electron chi connectivity index (χ3n) is 12.0. The van der Waals surface area contributed by atoms with E-state index in [1.54, 1.807) is 17.6 Å². The number of phenols is 1. The number of nitrogens with one attached hydrogen (secondary N) is 2. The van der Waals surface area contributed by atoms with E-state index in [-0.39, 0.29) is 37.7 Å². The fourth-order valence-electron chi connectivity index (χ4n) is 8.39. The summed E-state index contributed by atoms with van der Waals surface area (Å²) in [6.07, 6.45) is -1.66. The molecule has 4 aromatic rings. The van der Waals surface area contributed by atoms with Crippen molar-refractivity contribution in [3.8, 4) is 21.9 Å². The molecule has 2 fully saturated rings. The summed E-state index contributed by atoms with van der Waals surface area (Å²) in [4.78, 5) is 49.0. The number of amides is 3. The number of likely N-dealkylation sites (tertiary alicyclic amines) is 2. The lowest BCUT2D eigenvalue weighted by Crippen LogP contribution is -2.58. The first kappa shape index (κ1) is 47.4. The zero-order valence-corrected chi connectivity index (χ0v) is 37.8. The number of rotatable bonds is 15. The Hall–Kier alpha value is -5.60. The van der Waals surface area contributed by atoms with Gasteiger partial charge in [-0.15, -0.1) is 21.5 Å². The second kappa shape index (κ2) is 20.3. The second-order valence-electron chi connectivity index (χ2n) is 17.8. The first-order valence-corrected chi connectivity index (χ1v) is 22.8. The van der Waals surface area contributed by atoms with E-state index in [9.17, 15) is 37.8 Å². The fraction of sp³-hybridized carbons (Fsp3) is 0.533. The normalized spacial score (nSPS) is 18.6. The predicted molar refractivity (Wildman–Crippen MR) is 235 cm³/mol. The summed E-state index contributed by atoms with van der Waals surface area (Å²) in [5.41, 5.74) is 4.33. The van der Waals surface area contributed by atoms with Crippen LogP contribution in [0.3, 0.4) is 0 Å². The van der Waals surface area contributed by atoms with Crippen LogP contribution in [0, 0.1) is 12.3 Å². The maximum Gasteiger partial charge on any atom is 0.453 e. The molecule has 3 aliphatic heterocycles. The highest BCUT2D eigenvalue weighted by molar-refractivity contribution is 7.13. The van der Waals surface area contributed by atoms with Gasteiger partial charge in [-0.1, -0.05) is 45.0 Å². The monoisotopic (exact) mass is 923 g/mol. The van der Waals surface area contributed by atoms with Crippen LogP contribution in [-0.2, 0) is 38.3 Å². The summed E-state index contributed by atoms with van der Waals surface area (Å²) in [5, 5.41) is 38.1. The molecule has 65 heavy (non-hydrogen) atoms. The van der Waals surface area contributed by atoms with Crippen LogP contribution in [0.2, 0.25) is 0 Å². The Morgan fingerprint density at radius 1 is 1.00 bits per heavy atom. The average molecular weight is 924 g/mol. The lowest BCUT2D eigenvalue weighted by Gasteiger charge is -2.35. The van der Waals surface area contributed by atoms with E-state index in [1.807, 2.05) is 58.0 Å². The van der Waals surface area contributed by atoms with Gasteiger partial charge in [0.25, 0.3) is 5.82 Å². The number of carbonyl (C=O) groups is 3. The molecule has 350 valence electrons. The lowest BCUT2D eigenvalue weighted by molar-refractivity contribution is -0.147. The number of aromatic nitrogens is 4.